The largest absolute Gasteiger partial charge is 0.363 e. The molecular formula is C12H15N5O. The first-order chi connectivity index (χ1) is 8.75. The lowest BCUT2D eigenvalue weighted by Crippen LogP contribution is -2.31. The van der Waals surface area contributed by atoms with Gasteiger partial charge in [0.05, 0.1) is 6.04 Å². The van der Waals surface area contributed by atoms with Gasteiger partial charge in [-0.1, -0.05) is 0 Å². The number of carbonyl (C=O) groups excluding carboxylic acids is 1. The summed E-state index contributed by atoms with van der Waals surface area (Å²) in [7, 11) is 0. The van der Waals surface area contributed by atoms with Crippen LogP contribution in [0.1, 0.15) is 41.0 Å². The first-order valence-corrected chi connectivity index (χ1v) is 6.09. The van der Waals surface area contributed by atoms with Gasteiger partial charge in [-0.05, 0) is 31.9 Å². The van der Waals surface area contributed by atoms with Crippen molar-refractivity contribution in [1.82, 2.24) is 25.1 Å². The van der Waals surface area contributed by atoms with Crippen LogP contribution in [0.4, 0.5) is 0 Å². The Labute approximate surface area is 104 Å². The molecular weight excluding hydrogens is 230 g/mol. The number of carbonyl (C=O) groups is 1. The third-order valence-corrected chi connectivity index (χ3v) is 3.28. The molecule has 3 heterocycles. The molecule has 2 aromatic heterocycles. The van der Waals surface area contributed by atoms with Crippen LogP contribution in [-0.4, -0.2) is 37.5 Å². The summed E-state index contributed by atoms with van der Waals surface area (Å²) in [6, 6.07) is 4.08. The highest BCUT2D eigenvalue weighted by molar-refractivity contribution is 5.90. The van der Waals surface area contributed by atoms with Crippen LogP contribution >= 0.6 is 0 Å². The molecule has 1 atom stereocenters. The zero-order valence-electron chi connectivity index (χ0n) is 10.2. The summed E-state index contributed by atoms with van der Waals surface area (Å²) < 4.78 is 0. The Hall–Kier alpha value is -2.11. The molecule has 0 radical (unpaired) electrons. The number of aryl methyl sites for hydroxylation is 1. The van der Waals surface area contributed by atoms with Crippen molar-refractivity contribution in [2.45, 2.75) is 25.8 Å². The number of aromatic nitrogens is 4. The molecule has 1 aliphatic rings. The van der Waals surface area contributed by atoms with Crippen LogP contribution in [0, 0.1) is 6.92 Å². The number of hydrogen-bond acceptors (Lipinski definition) is 3. The Morgan fingerprint density at radius 3 is 3.11 bits per heavy atom. The molecule has 1 fully saturated rings. The number of amides is 1. The average Bonchev–Trinajstić information content (AvgIpc) is 3.08. The summed E-state index contributed by atoms with van der Waals surface area (Å²) in [5.41, 5.74) is 1.08. The molecule has 2 N–H and O–H groups in total. The predicted molar refractivity (Wildman–Crippen MR) is 64.9 cm³/mol. The second-order valence-corrected chi connectivity index (χ2v) is 4.53. The molecule has 18 heavy (non-hydrogen) atoms. The Bertz CT molecular complexity index is 545. The zero-order chi connectivity index (χ0) is 12.5. The quantitative estimate of drug-likeness (QED) is 0.840. The van der Waals surface area contributed by atoms with Gasteiger partial charge in [0, 0.05) is 18.4 Å². The highest BCUT2D eigenvalue weighted by Gasteiger charge is 2.32. The van der Waals surface area contributed by atoms with Crippen LogP contribution in [-0.2, 0) is 0 Å². The van der Waals surface area contributed by atoms with Gasteiger partial charge >= 0.3 is 0 Å². The first-order valence-electron chi connectivity index (χ1n) is 6.09. The number of likely N-dealkylation sites (tertiary alicyclic amines) is 1. The second kappa shape index (κ2) is 4.29. The number of nitrogens with one attached hydrogen (secondary N) is 2. The molecule has 0 aliphatic carbocycles. The normalized spacial score (nSPS) is 19.4. The van der Waals surface area contributed by atoms with Gasteiger partial charge in [-0.3, -0.25) is 9.89 Å². The molecule has 0 spiro atoms. The predicted octanol–water partition coefficient (Wildman–Crippen LogP) is 1.42. The van der Waals surface area contributed by atoms with Gasteiger partial charge in [0.25, 0.3) is 5.91 Å². The van der Waals surface area contributed by atoms with E-state index in [-0.39, 0.29) is 17.8 Å². The van der Waals surface area contributed by atoms with E-state index in [0.717, 1.165) is 25.1 Å². The summed E-state index contributed by atoms with van der Waals surface area (Å²) >= 11 is 0. The zero-order valence-corrected chi connectivity index (χ0v) is 10.2. The molecule has 3 rings (SSSR count). The van der Waals surface area contributed by atoms with E-state index in [4.69, 9.17) is 0 Å². The topological polar surface area (TPSA) is 77.7 Å². The summed E-state index contributed by atoms with van der Waals surface area (Å²) in [6.07, 6.45) is 3.88. The Balaban J connectivity index is 1.85. The van der Waals surface area contributed by atoms with Crippen LogP contribution in [0.15, 0.2) is 18.3 Å². The number of H-pyrrole nitrogens is 2. The number of aromatic amines is 2. The van der Waals surface area contributed by atoms with E-state index in [1.165, 1.54) is 0 Å². The molecule has 6 heteroatoms. The lowest BCUT2D eigenvalue weighted by atomic mass is 10.1. The maximum atomic E-state index is 12.3. The average molecular weight is 245 g/mol. The van der Waals surface area contributed by atoms with Gasteiger partial charge in [-0.25, -0.2) is 4.98 Å². The molecule has 1 saturated heterocycles. The van der Waals surface area contributed by atoms with Crippen molar-refractivity contribution in [3.63, 3.8) is 0 Å². The maximum absolute atomic E-state index is 12.3. The minimum atomic E-state index is -0.101. The van der Waals surface area contributed by atoms with E-state index >= 15 is 0 Å². The molecule has 94 valence electrons. The van der Waals surface area contributed by atoms with Gasteiger partial charge in [0.2, 0.25) is 5.82 Å². The standard InChI is InChI=1S/C12H15N5O/c1-8-14-11(16-15-8)12(18)17-7-3-5-10(17)9-4-2-6-13-9/h2,4,6,10,13H,3,5,7H2,1H3,(H,14,15,16). The molecule has 0 saturated carbocycles. The van der Waals surface area contributed by atoms with Crippen LogP contribution < -0.4 is 0 Å². The van der Waals surface area contributed by atoms with Crippen LogP contribution in [0.25, 0.3) is 0 Å². The van der Waals surface area contributed by atoms with Crippen molar-refractivity contribution in [2.24, 2.45) is 0 Å². The van der Waals surface area contributed by atoms with Crippen molar-refractivity contribution >= 4 is 5.91 Å². The number of rotatable bonds is 2. The fraction of sp³-hybridized carbons (Fsp3) is 0.417. The van der Waals surface area contributed by atoms with Crippen LogP contribution in [0.2, 0.25) is 0 Å². The lowest BCUT2D eigenvalue weighted by molar-refractivity contribution is 0.0721. The lowest BCUT2D eigenvalue weighted by Gasteiger charge is -2.22. The molecule has 1 aliphatic heterocycles. The molecule has 0 aromatic carbocycles. The molecule has 0 bridgehead atoms. The third-order valence-electron chi connectivity index (χ3n) is 3.28. The van der Waals surface area contributed by atoms with Gasteiger partial charge in [-0.2, -0.15) is 0 Å². The molecule has 1 unspecified atom stereocenters. The number of nitrogens with zero attached hydrogens (tertiary/aromatic N) is 3. The van der Waals surface area contributed by atoms with Crippen LogP contribution in [0.3, 0.4) is 0 Å². The highest BCUT2D eigenvalue weighted by Crippen LogP contribution is 2.31. The van der Waals surface area contributed by atoms with Crippen molar-refractivity contribution in [2.75, 3.05) is 6.54 Å². The highest BCUT2D eigenvalue weighted by atomic mass is 16.2. The second-order valence-electron chi connectivity index (χ2n) is 4.53. The SMILES string of the molecule is Cc1nc(C(=O)N2CCCC2c2ccc[nH]2)n[nH]1. The molecule has 2 aromatic rings. The Kier molecular flexibility index (Phi) is 2.62. The smallest absolute Gasteiger partial charge is 0.294 e. The van der Waals surface area contributed by atoms with Crippen molar-refractivity contribution in [1.29, 1.82) is 0 Å². The molecule has 6 nitrogen and oxygen atoms in total. The van der Waals surface area contributed by atoms with E-state index in [1.807, 2.05) is 23.2 Å². The fourth-order valence-electron chi connectivity index (χ4n) is 2.45. The van der Waals surface area contributed by atoms with E-state index in [0.29, 0.717) is 5.82 Å². The Morgan fingerprint density at radius 1 is 1.56 bits per heavy atom. The number of hydrogen-bond donors (Lipinski definition) is 2. The molecule has 1 amide bonds. The summed E-state index contributed by atoms with van der Waals surface area (Å²) in [6.45, 7) is 2.55. The maximum Gasteiger partial charge on any atom is 0.294 e. The summed E-state index contributed by atoms with van der Waals surface area (Å²) in [5.74, 6) is 0.816. The van der Waals surface area contributed by atoms with Gasteiger partial charge in [-0.15, -0.1) is 5.10 Å². The van der Waals surface area contributed by atoms with E-state index in [2.05, 4.69) is 20.2 Å². The van der Waals surface area contributed by atoms with E-state index in [9.17, 15) is 4.79 Å². The minimum absolute atomic E-state index is 0.101. The Morgan fingerprint density at radius 2 is 2.44 bits per heavy atom. The summed E-state index contributed by atoms with van der Waals surface area (Å²) in [5, 5.41) is 6.64. The van der Waals surface area contributed by atoms with Crippen molar-refractivity contribution < 1.29 is 4.79 Å². The van der Waals surface area contributed by atoms with Gasteiger partial charge in [0.1, 0.15) is 5.82 Å². The van der Waals surface area contributed by atoms with E-state index in [1.54, 1.807) is 6.92 Å². The fourth-order valence-corrected chi connectivity index (χ4v) is 2.45. The summed E-state index contributed by atoms with van der Waals surface area (Å²) in [4.78, 5) is 21.5. The monoisotopic (exact) mass is 245 g/mol. The van der Waals surface area contributed by atoms with Crippen molar-refractivity contribution in [3.8, 4) is 0 Å². The first kappa shape index (κ1) is 11.0. The van der Waals surface area contributed by atoms with E-state index < -0.39 is 0 Å². The van der Waals surface area contributed by atoms with Gasteiger partial charge < -0.3 is 9.88 Å². The third kappa shape index (κ3) is 1.79. The van der Waals surface area contributed by atoms with Crippen LogP contribution in [0.5, 0.6) is 0 Å². The van der Waals surface area contributed by atoms with Crippen molar-refractivity contribution in [3.05, 3.63) is 35.7 Å². The minimum Gasteiger partial charge on any atom is -0.363 e. The van der Waals surface area contributed by atoms with Gasteiger partial charge in [0.15, 0.2) is 0 Å².